The van der Waals surface area contributed by atoms with Crippen molar-refractivity contribution in [2.75, 3.05) is 10.6 Å². The molecule has 0 saturated heterocycles. The molecule has 2 amide bonds. The third kappa shape index (κ3) is 3.95. The molecule has 0 unspecified atom stereocenters. The van der Waals surface area contributed by atoms with E-state index in [0.29, 0.717) is 16.8 Å². The molecule has 3 aromatic rings. The second kappa shape index (κ2) is 7.16. The van der Waals surface area contributed by atoms with Crippen molar-refractivity contribution in [2.24, 2.45) is 0 Å². The van der Waals surface area contributed by atoms with Crippen LogP contribution >= 0.6 is 11.3 Å². The van der Waals surface area contributed by atoms with Crippen LogP contribution in [0.2, 0.25) is 0 Å². The summed E-state index contributed by atoms with van der Waals surface area (Å²) >= 11 is 1.47. The first-order chi connectivity index (χ1) is 13.1. The molecule has 0 saturated carbocycles. The summed E-state index contributed by atoms with van der Waals surface area (Å²) in [5, 5.41) is 9.25. The number of nitrogens with zero attached hydrogens (tertiary/aromatic N) is 1. The van der Waals surface area contributed by atoms with Crippen molar-refractivity contribution in [3.8, 4) is 0 Å². The summed E-state index contributed by atoms with van der Waals surface area (Å²) in [6.45, 7) is 1.95. The molecular weight excluding hydrogens is 362 g/mol. The van der Waals surface area contributed by atoms with Crippen molar-refractivity contribution in [2.45, 2.75) is 19.4 Å². The van der Waals surface area contributed by atoms with Crippen LogP contribution in [0.1, 0.15) is 12.0 Å². The van der Waals surface area contributed by atoms with Gasteiger partial charge in [0.25, 0.3) is 16.9 Å². The highest BCUT2D eigenvalue weighted by molar-refractivity contribution is 7.22. The van der Waals surface area contributed by atoms with Crippen molar-refractivity contribution >= 4 is 50.1 Å². The van der Waals surface area contributed by atoms with Gasteiger partial charge in [0.2, 0.25) is 0 Å². The molecule has 1 aliphatic rings. The fraction of sp³-hybridized carbons (Fsp3) is 0.158. The maximum atomic E-state index is 12.6. The average molecular weight is 380 g/mol. The monoisotopic (exact) mass is 380 g/mol. The van der Waals surface area contributed by atoms with Crippen LogP contribution in [0, 0.1) is 6.92 Å². The average Bonchev–Trinajstić information content (AvgIpc) is 3.03. The number of guanidine groups is 1. The van der Waals surface area contributed by atoms with Crippen molar-refractivity contribution in [1.29, 1.82) is 0 Å². The fourth-order valence-electron chi connectivity index (χ4n) is 2.85. The molecule has 7 nitrogen and oxygen atoms in total. The number of hydrogen-bond donors (Lipinski definition) is 4. The number of anilines is 2. The zero-order chi connectivity index (χ0) is 18.8. The van der Waals surface area contributed by atoms with Crippen LogP contribution in [-0.4, -0.2) is 28.8 Å². The highest BCUT2D eigenvalue weighted by Gasteiger charge is 2.31. The van der Waals surface area contributed by atoms with Gasteiger partial charge in [-0.1, -0.05) is 35.6 Å². The van der Waals surface area contributed by atoms with Gasteiger partial charge in [-0.25, -0.2) is 15.6 Å². The first kappa shape index (κ1) is 17.2. The lowest BCUT2D eigenvalue weighted by atomic mass is 10.1. The molecular formula is C19H18N5O2S+. The smallest absolute Gasteiger partial charge is 0.323 e. The summed E-state index contributed by atoms with van der Waals surface area (Å²) in [5.74, 6) is -0.143. The molecule has 0 spiro atoms. The zero-order valence-electron chi connectivity index (χ0n) is 14.6. The van der Waals surface area contributed by atoms with Crippen molar-refractivity contribution in [3.05, 3.63) is 54.1 Å². The molecule has 0 bridgehead atoms. The normalized spacial score (nSPS) is 16.6. The van der Waals surface area contributed by atoms with E-state index in [0.717, 1.165) is 15.8 Å². The van der Waals surface area contributed by atoms with Gasteiger partial charge in [0.15, 0.2) is 6.04 Å². The van der Waals surface area contributed by atoms with Crippen LogP contribution < -0.4 is 20.9 Å². The number of benzene rings is 2. The van der Waals surface area contributed by atoms with Crippen LogP contribution in [0.5, 0.6) is 0 Å². The number of carbonyl (C=O) groups is 2. The third-order valence-electron chi connectivity index (χ3n) is 4.10. The molecule has 2 heterocycles. The molecule has 4 N–H and O–H groups in total. The van der Waals surface area contributed by atoms with E-state index in [1.165, 1.54) is 11.3 Å². The molecule has 27 heavy (non-hydrogen) atoms. The van der Waals surface area contributed by atoms with Crippen molar-refractivity contribution in [3.63, 3.8) is 0 Å². The lowest BCUT2D eigenvalue weighted by Gasteiger charge is -2.16. The Bertz CT molecular complexity index is 1030. The first-order valence-electron chi connectivity index (χ1n) is 8.50. The van der Waals surface area contributed by atoms with Crippen LogP contribution in [0.25, 0.3) is 10.2 Å². The van der Waals surface area contributed by atoms with E-state index in [9.17, 15) is 9.59 Å². The summed E-state index contributed by atoms with van der Waals surface area (Å²) < 4.78 is 1.04. The maximum Gasteiger partial charge on any atom is 0.358 e. The fourth-order valence-corrected chi connectivity index (χ4v) is 3.72. The maximum absolute atomic E-state index is 12.6. The van der Waals surface area contributed by atoms with Gasteiger partial charge in [-0.2, -0.15) is 0 Å². The van der Waals surface area contributed by atoms with Crippen LogP contribution in [0.3, 0.4) is 0 Å². The molecule has 8 heteroatoms. The van der Waals surface area contributed by atoms with Gasteiger partial charge in [0.1, 0.15) is 0 Å². The van der Waals surface area contributed by atoms with E-state index in [-0.39, 0.29) is 18.2 Å². The van der Waals surface area contributed by atoms with E-state index in [1.54, 1.807) is 0 Å². The van der Waals surface area contributed by atoms with Gasteiger partial charge in [-0.3, -0.25) is 14.6 Å². The number of amides is 2. The summed E-state index contributed by atoms with van der Waals surface area (Å²) in [7, 11) is 0. The van der Waals surface area contributed by atoms with Gasteiger partial charge in [-0.15, -0.1) is 0 Å². The number of aromatic nitrogens is 1. The minimum atomic E-state index is -0.670. The van der Waals surface area contributed by atoms with Gasteiger partial charge < -0.3 is 5.32 Å². The van der Waals surface area contributed by atoms with Crippen molar-refractivity contribution < 1.29 is 14.6 Å². The minimum absolute atomic E-state index is 0.0582. The van der Waals surface area contributed by atoms with Gasteiger partial charge >= 0.3 is 5.96 Å². The zero-order valence-corrected chi connectivity index (χ0v) is 15.4. The Labute approximate surface area is 159 Å². The number of carbonyl (C=O) groups excluding carboxylic acids is 2. The molecule has 4 rings (SSSR count). The molecule has 0 radical (unpaired) electrons. The Kier molecular flexibility index (Phi) is 4.55. The van der Waals surface area contributed by atoms with E-state index >= 15 is 0 Å². The van der Waals surface area contributed by atoms with Crippen molar-refractivity contribution in [1.82, 2.24) is 10.3 Å². The Balaban J connectivity index is 1.51. The van der Waals surface area contributed by atoms with E-state index in [1.807, 2.05) is 55.5 Å². The topological polar surface area (TPSA) is 97.1 Å². The quantitative estimate of drug-likeness (QED) is 0.545. The predicted octanol–water partition coefficient (Wildman–Crippen LogP) is 0.980. The number of fused-ring (bicyclic) bond motifs is 1. The summed E-state index contributed by atoms with van der Waals surface area (Å²) in [6.07, 6.45) is 0.0582. The number of nitrogens with one attached hydrogen (secondary N) is 4. The molecule has 1 aromatic heterocycles. The Morgan fingerprint density at radius 2 is 2.11 bits per heavy atom. The second-order valence-corrected chi connectivity index (χ2v) is 7.33. The SMILES string of the molecule is Cc1cccc(NC(=O)[C@@H]2CC(=O)NC(Nc3nc4ccccc4s3)=[NH+]2)c1. The standard InChI is InChI=1S/C19H17N5O2S/c1-11-5-4-6-12(9-11)20-17(26)14-10-16(25)23-18(21-14)24-19-22-13-7-2-3-8-15(13)27-19/h2-9,14H,10H2,1H3,(H,20,26)(H2,21,22,23,24,25)/p+1/t14-/m0/s1. The van der Waals surface area contributed by atoms with Crippen LogP contribution in [-0.2, 0) is 9.59 Å². The molecule has 0 fully saturated rings. The largest absolute Gasteiger partial charge is 0.358 e. The number of rotatable bonds is 3. The minimum Gasteiger partial charge on any atom is -0.323 e. The van der Waals surface area contributed by atoms with Gasteiger partial charge in [-0.05, 0) is 36.8 Å². The highest BCUT2D eigenvalue weighted by atomic mass is 32.1. The second-order valence-electron chi connectivity index (χ2n) is 6.29. The van der Waals surface area contributed by atoms with E-state index < -0.39 is 6.04 Å². The Morgan fingerprint density at radius 3 is 2.93 bits per heavy atom. The predicted molar refractivity (Wildman–Crippen MR) is 106 cm³/mol. The Hall–Kier alpha value is -3.26. The summed E-state index contributed by atoms with van der Waals surface area (Å²) in [5.41, 5.74) is 2.63. The Morgan fingerprint density at radius 1 is 1.26 bits per heavy atom. The number of aryl methyl sites for hydroxylation is 1. The summed E-state index contributed by atoms with van der Waals surface area (Å²) in [6, 6.07) is 14.6. The van der Waals surface area contributed by atoms with Gasteiger partial charge in [0.05, 0.1) is 16.6 Å². The van der Waals surface area contributed by atoms with E-state index in [4.69, 9.17) is 0 Å². The highest BCUT2D eigenvalue weighted by Crippen LogP contribution is 2.25. The third-order valence-corrected chi connectivity index (χ3v) is 5.05. The molecule has 1 atom stereocenters. The molecule has 136 valence electrons. The van der Waals surface area contributed by atoms with Gasteiger partial charge in [0, 0.05) is 5.69 Å². The number of para-hydroxylation sites is 1. The first-order valence-corrected chi connectivity index (χ1v) is 9.32. The summed E-state index contributed by atoms with van der Waals surface area (Å²) in [4.78, 5) is 32.1. The molecule has 0 aliphatic carbocycles. The van der Waals surface area contributed by atoms with Crippen LogP contribution in [0.4, 0.5) is 10.8 Å². The molecule has 2 aromatic carbocycles. The number of thiazole rings is 1. The number of hydrogen-bond acceptors (Lipinski definition) is 5. The van der Waals surface area contributed by atoms with Crippen LogP contribution in [0.15, 0.2) is 48.5 Å². The molecule has 1 aliphatic heterocycles. The lowest BCUT2D eigenvalue weighted by molar-refractivity contribution is -0.490. The van der Waals surface area contributed by atoms with E-state index in [2.05, 4.69) is 25.9 Å². The lowest BCUT2D eigenvalue weighted by Crippen LogP contribution is -2.89.